The van der Waals surface area contributed by atoms with E-state index in [0.717, 1.165) is 53.9 Å². The fraction of sp³-hybridized carbons (Fsp3) is 0.769. The minimum absolute atomic E-state index is 0.175. The highest BCUT2D eigenvalue weighted by Crippen LogP contribution is 2.32. The number of carbonyl (C=O) groups is 1. The number of fused-ring (bicyclic) bond motifs is 1. The molecule has 0 unspecified atom stereocenters. The van der Waals surface area contributed by atoms with E-state index in [1.165, 1.54) is 51.4 Å². The van der Waals surface area contributed by atoms with Gasteiger partial charge in [0.25, 0.3) is 0 Å². The Balaban J connectivity index is 1.38. The van der Waals surface area contributed by atoms with Crippen molar-refractivity contribution in [3.8, 4) is 0 Å². The summed E-state index contributed by atoms with van der Waals surface area (Å²) in [4.78, 5) is 25.0. The molecule has 0 bridgehead atoms. The Bertz CT molecular complexity index is 931. The average molecular weight is 487 g/mol. The maximum Gasteiger partial charge on any atom is 0.223 e. The van der Waals surface area contributed by atoms with E-state index in [2.05, 4.69) is 36.1 Å². The molecular weight excluding hydrogens is 444 g/mol. The molecule has 3 heterocycles. The second-order valence-electron chi connectivity index (χ2n) is 10.3. The Morgan fingerprint density at radius 2 is 1.91 bits per heavy atom. The van der Waals surface area contributed by atoms with Gasteiger partial charge in [-0.1, -0.05) is 51.8 Å². The molecule has 0 atom stereocenters. The van der Waals surface area contributed by atoms with Crippen molar-refractivity contribution < 1.29 is 4.79 Å². The molecule has 7 nitrogen and oxygen atoms in total. The van der Waals surface area contributed by atoms with Crippen molar-refractivity contribution in [2.45, 2.75) is 102 Å². The Labute approximate surface area is 208 Å². The largest absolute Gasteiger partial charge is 0.356 e. The molecule has 1 saturated carbocycles. The van der Waals surface area contributed by atoms with Gasteiger partial charge in [-0.25, -0.2) is 14.6 Å². The van der Waals surface area contributed by atoms with Gasteiger partial charge in [0.15, 0.2) is 10.8 Å². The number of hydrogen-bond donors (Lipinski definition) is 1. The van der Waals surface area contributed by atoms with Crippen molar-refractivity contribution in [2.24, 2.45) is 11.8 Å². The summed E-state index contributed by atoms with van der Waals surface area (Å²) in [7, 11) is 0. The molecule has 0 spiro atoms. The van der Waals surface area contributed by atoms with Gasteiger partial charge in [-0.3, -0.25) is 4.79 Å². The van der Waals surface area contributed by atoms with Crippen LogP contribution in [0.25, 0.3) is 11.0 Å². The number of rotatable bonds is 10. The number of carbonyl (C=O) groups excluding carboxylic acids is 1. The first-order valence-corrected chi connectivity index (χ1v) is 14.4. The first kappa shape index (κ1) is 25.3. The second-order valence-corrected chi connectivity index (χ2v) is 11.8. The lowest BCUT2D eigenvalue weighted by Crippen LogP contribution is -2.35. The fourth-order valence-electron chi connectivity index (χ4n) is 5.33. The van der Waals surface area contributed by atoms with E-state index in [9.17, 15) is 4.79 Å². The number of nitrogens with one attached hydrogen (secondary N) is 1. The van der Waals surface area contributed by atoms with E-state index in [1.54, 1.807) is 11.8 Å². The molecule has 2 fully saturated rings. The van der Waals surface area contributed by atoms with Gasteiger partial charge in [-0.2, -0.15) is 5.10 Å². The topological polar surface area (TPSA) is 75.9 Å². The summed E-state index contributed by atoms with van der Waals surface area (Å²) in [5.74, 6) is 2.23. The zero-order valence-corrected chi connectivity index (χ0v) is 22.1. The van der Waals surface area contributed by atoms with Gasteiger partial charge in [0.1, 0.15) is 5.82 Å². The highest BCUT2D eigenvalue weighted by Gasteiger charge is 2.26. The van der Waals surface area contributed by atoms with Crippen LogP contribution in [0.1, 0.15) is 85.0 Å². The van der Waals surface area contributed by atoms with Gasteiger partial charge >= 0.3 is 0 Å². The smallest absolute Gasteiger partial charge is 0.223 e. The molecule has 2 aromatic rings. The monoisotopic (exact) mass is 486 g/mol. The summed E-state index contributed by atoms with van der Waals surface area (Å²) in [6.07, 6.45) is 14.0. The summed E-state index contributed by atoms with van der Waals surface area (Å²) < 4.78 is 1.94. The summed E-state index contributed by atoms with van der Waals surface area (Å²) in [5.41, 5.74) is 0.879. The Hall–Kier alpha value is -1.83. The van der Waals surface area contributed by atoms with E-state index in [4.69, 9.17) is 9.97 Å². The number of aromatic nitrogens is 4. The molecule has 1 saturated heterocycles. The SMILES string of the molecule is CCCCC1CCC(C(=O)NCCn2ncc3c(N4CCCCC4)nc(SC(C)C)nc32)CC1. The van der Waals surface area contributed by atoms with Crippen LogP contribution in [0.3, 0.4) is 0 Å². The third-order valence-electron chi connectivity index (χ3n) is 7.26. The van der Waals surface area contributed by atoms with Gasteiger partial charge in [-0.15, -0.1) is 0 Å². The molecule has 1 aliphatic heterocycles. The van der Waals surface area contributed by atoms with Crippen LogP contribution in [0.4, 0.5) is 5.82 Å². The Kier molecular flexibility index (Phi) is 9.09. The van der Waals surface area contributed by atoms with Crippen LogP contribution in [-0.4, -0.2) is 50.5 Å². The predicted octanol–water partition coefficient (Wildman–Crippen LogP) is 5.43. The normalized spacial score (nSPS) is 21.4. The lowest BCUT2D eigenvalue weighted by atomic mass is 9.79. The average Bonchev–Trinajstić information content (AvgIpc) is 3.25. The van der Waals surface area contributed by atoms with Crippen LogP contribution in [-0.2, 0) is 11.3 Å². The summed E-state index contributed by atoms with van der Waals surface area (Å²) in [6.45, 7) is 9.89. The van der Waals surface area contributed by atoms with E-state index < -0.39 is 0 Å². The van der Waals surface area contributed by atoms with Crippen molar-refractivity contribution in [1.82, 2.24) is 25.1 Å². The van der Waals surface area contributed by atoms with E-state index in [-0.39, 0.29) is 11.8 Å². The molecule has 1 aliphatic carbocycles. The molecule has 8 heteroatoms. The number of thioether (sulfide) groups is 1. The van der Waals surface area contributed by atoms with E-state index in [0.29, 0.717) is 18.3 Å². The Morgan fingerprint density at radius 1 is 1.15 bits per heavy atom. The van der Waals surface area contributed by atoms with Crippen LogP contribution in [0.2, 0.25) is 0 Å². The van der Waals surface area contributed by atoms with Crippen molar-refractivity contribution in [3.05, 3.63) is 6.20 Å². The molecule has 1 amide bonds. The summed E-state index contributed by atoms with van der Waals surface area (Å²) >= 11 is 1.70. The zero-order valence-electron chi connectivity index (χ0n) is 21.3. The highest BCUT2D eigenvalue weighted by molar-refractivity contribution is 7.99. The maximum atomic E-state index is 12.8. The summed E-state index contributed by atoms with van der Waals surface area (Å²) in [5, 5.41) is 10.1. The van der Waals surface area contributed by atoms with Crippen LogP contribution in [0.5, 0.6) is 0 Å². The van der Waals surface area contributed by atoms with Gasteiger partial charge in [0.2, 0.25) is 5.91 Å². The van der Waals surface area contributed by atoms with Crippen molar-refractivity contribution in [3.63, 3.8) is 0 Å². The van der Waals surface area contributed by atoms with E-state index in [1.807, 2.05) is 10.9 Å². The molecule has 4 rings (SSSR count). The third kappa shape index (κ3) is 6.43. The zero-order chi connectivity index (χ0) is 23.9. The van der Waals surface area contributed by atoms with Gasteiger partial charge in [0, 0.05) is 30.8 Å². The Morgan fingerprint density at radius 3 is 2.62 bits per heavy atom. The number of hydrogen-bond acceptors (Lipinski definition) is 6. The first-order chi connectivity index (χ1) is 16.5. The lowest BCUT2D eigenvalue weighted by Gasteiger charge is -2.28. The van der Waals surface area contributed by atoms with Crippen LogP contribution in [0, 0.1) is 11.8 Å². The van der Waals surface area contributed by atoms with Gasteiger partial charge in [0.05, 0.1) is 18.1 Å². The lowest BCUT2D eigenvalue weighted by molar-refractivity contribution is -0.126. The minimum Gasteiger partial charge on any atom is -0.356 e. The van der Waals surface area contributed by atoms with Gasteiger partial charge in [-0.05, 0) is 50.9 Å². The van der Waals surface area contributed by atoms with Crippen molar-refractivity contribution in [2.75, 3.05) is 24.5 Å². The second kappa shape index (κ2) is 12.2. The molecule has 2 aliphatic rings. The van der Waals surface area contributed by atoms with Crippen LogP contribution < -0.4 is 10.2 Å². The maximum absolute atomic E-state index is 12.8. The first-order valence-electron chi connectivity index (χ1n) is 13.5. The third-order valence-corrected chi connectivity index (χ3v) is 8.12. The van der Waals surface area contributed by atoms with E-state index >= 15 is 0 Å². The fourth-order valence-corrected chi connectivity index (χ4v) is 6.03. The predicted molar refractivity (Wildman–Crippen MR) is 140 cm³/mol. The van der Waals surface area contributed by atoms with Crippen molar-refractivity contribution >= 4 is 34.5 Å². The number of piperidine rings is 1. The highest BCUT2D eigenvalue weighted by atomic mass is 32.2. The van der Waals surface area contributed by atoms with Gasteiger partial charge < -0.3 is 10.2 Å². The molecule has 1 N–H and O–H groups in total. The van der Waals surface area contributed by atoms with Crippen LogP contribution in [0.15, 0.2) is 11.4 Å². The summed E-state index contributed by atoms with van der Waals surface area (Å²) in [6, 6.07) is 0. The molecule has 34 heavy (non-hydrogen) atoms. The molecule has 2 aromatic heterocycles. The quantitative estimate of drug-likeness (QED) is 0.356. The molecule has 0 radical (unpaired) electrons. The molecule has 188 valence electrons. The number of unbranched alkanes of at least 4 members (excludes halogenated alkanes) is 1. The van der Waals surface area contributed by atoms with Crippen molar-refractivity contribution in [1.29, 1.82) is 0 Å². The number of anilines is 1. The number of nitrogens with zero attached hydrogens (tertiary/aromatic N) is 5. The molecule has 0 aromatic carbocycles. The molecular formula is C26H42N6OS. The minimum atomic E-state index is 0.175. The number of amides is 1. The standard InChI is InChI=1S/C26H42N6OS/c1-4-5-9-20-10-12-21(13-11-20)25(33)27-14-17-32-24-22(18-28-32)23(31-15-7-6-8-16-31)29-26(30-24)34-19(2)3/h18-21H,4-17H2,1-3H3,(H,27,33). The van der Waals surface area contributed by atoms with Crippen LogP contribution >= 0.6 is 11.8 Å².